The summed E-state index contributed by atoms with van der Waals surface area (Å²) in [5, 5.41) is 3.51. The van der Waals surface area contributed by atoms with Crippen LogP contribution in [0.3, 0.4) is 0 Å². The number of rotatable bonds is 9. The maximum Gasteiger partial charge on any atom is 0.253 e. The molecule has 2 N–H and O–H groups in total. The quantitative estimate of drug-likeness (QED) is 0.432. The van der Waals surface area contributed by atoms with E-state index in [1.54, 1.807) is 7.11 Å². The standard InChI is InChI=1S/C31H39N5O2/c1-4-34(5-2)13-14-35-15-17-36(18-16-35)31(37)24-10-8-9-23(19-24)25-20-27-28(22-33-30(27)32-21-25)26-11-6-7-12-29(26)38-3/h6-12,19-20,22,32-33H,4-5,13-18,21H2,1-3H3. The predicted molar refractivity (Wildman–Crippen MR) is 156 cm³/mol. The zero-order chi connectivity index (χ0) is 26.5. The van der Waals surface area contributed by atoms with Gasteiger partial charge in [-0.3, -0.25) is 9.69 Å². The second-order valence-corrected chi connectivity index (χ2v) is 9.96. The molecule has 1 amide bonds. The van der Waals surface area contributed by atoms with E-state index in [1.165, 1.54) is 0 Å². The largest absolute Gasteiger partial charge is 0.496 e. The van der Waals surface area contributed by atoms with Crippen LogP contribution in [0.5, 0.6) is 5.75 Å². The Hall–Kier alpha value is -3.55. The predicted octanol–water partition coefficient (Wildman–Crippen LogP) is 4.76. The number of aromatic nitrogens is 1. The average molecular weight is 514 g/mol. The van der Waals surface area contributed by atoms with E-state index in [-0.39, 0.29) is 5.91 Å². The highest BCUT2D eigenvalue weighted by Crippen LogP contribution is 2.39. The summed E-state index contributed by atoms with van der Waals surface area (Å²) in [4.78, 5) is 23.7. The van der Waals surface area contributed by atoms with E-state index in [0.29, 0.717) is 6.54 Å². The summed E-state index contributed by atoms with van der Waals surface area (Å²) in [6.07, 6.45) is 4.25. The Labute approximate surface area is 226 Å². The third kappa shape index (κ3) is 5.49. The fourth-order valence-corrected chi connectivity index (χ4v) is 5.45. The normalized spacial score (nSPS) is 15.7. The van der Waals surface area contributed by atoms with E-state index in [4.69, 9.17) is 4.74 Å². The first-order valence-corrected chi connectivity index (χ1v) is 13.7. The van der Waals surface area contributed by atoms with Crippen LogP contribution < -0.4 is 10.1 Å². The van der Waals surface area contributed by atoms with Gasteiger partial charge in [-0.2, -0.15) is 0 Å². The molecule has 2 aromatic carbocycles. The first kappa shape index (κ1) is 26.1. The number of nitrogens with one attached hydrogen (secondary N) is 2. The summed E-state index contributed by atoms with van der Waals surface area (Å²) in [7, 11) is 1.70. The van der Waals surface area contributed by atoms with Gasteiger partial charge in [-0.1, -0.05) is 44.2 Å². The van der Waals surface area contributed by atoms with Crippen molar-refractivity contribution < 1.29 is 9.53 Å². The van der Waals surface area contributed by atoms with Crippen LogP contribution in [0.15, 0.2) is 54.7 Å². The van der Waals surface area contributed by atoms with Crippen LogP contribution >= 0.6 is 0 Å². The van der Waals surface area contributed by atoms with Gasteiger partial charge in [-0.25, -0.2) is 0 Å². The van der Waals surface area contributed by atoms with Crippen molar-refractivity contribution in [3.8, 4) is 16.9 Å². The number of carbonyl (C=O) groups excluding carboxylic acids is 1. The highest BCUT2D eigenvalue weighted by Gasteiger charge is 2.24. The molecule has 1 aromatic heterocycles. The number of aromatic amines is 1. The molecule has 200 valence electrons. The van der Waals surface area contributed by atoms with Gasteiger partial charge in [0.2, 0.25) is 0 Å². The van der Waals surface area contributed by atoms with Gasteiger partial charge in [0.15, 0.2) is 0 Å². The Kier molecular flexibility index (Phi) is 8.15. The van der Waals surface area contributed by atoms with Crippen LogP contribution in [0.1, 0.15) is 35.3 Å². The lowest BCUT2D eigenvalue weighted by molar-refractivity contribution is 0.0625. The summed E-state index contributed by atoms with van der Waals surface area (Å²) in [5.41, 5.74) is 6.22. The van der Waals surface area contributed by atoms with Crippen molar-refractivity contribution in [1.29, 1.82) is 0 Å². The zero-order valence-corrected chi connectivity index (χ0v) is 22.8. The molecule has 1 fully saturated rings. The van der Waals surface area contributed by atoms with Crippen molar-refractivity contribution in [2.75, 3.05) is 71.3 Å². The third-order valence-electron chi connectivity index (χ3n) is 7.86. The molecular weight excluding hydrogens is 474 g/mol. The van der Waals surface area contributed by atoms with Crippen molar-refractivity contribution in [2.24, 2.45) is 0 Å². The molecule has 38 heavy (non-hydrogen) atoms. The first-order chi connectivity index (χ1) is 18.6. The molecule has 0 bridgehead atoms. The SMILES string of the molecule is CCN(CC)CCN1CCN(C(=O)c2cccc(C3=Cc4c(-c5ccccc5OC)c[nH]c4NC3)c2)CC1. The van der Waals surface area contributed by atoms with Crippen LogP contribution in [-0.4, -0.2) is 91.6 Å². The second kappa shape index (κ2) is 11.9. The summed E-state index contributed by atoms with van der Waals surface area (Å²) in [6, 6.07) is 16.1. The molecule has 7 heteroatoms. The number of ether oxygens (including phenoxy) is 1. The first-order valence-electron chi connectivity index (χ1n) is 13.7. The maximum absolute atomic E-state index is 13.4. The summed E-state index contributed by atoms with van der Waals surface area (Å²) < 4.78 is 5.61. The van der Waals surface area contributed by atoms with E-state index in [2.05, 4.69) is 52.2 Å². The lowest BCUT2D eigenvalue weighted by Gasteiger charge is -2.35. The molecular formula is C31H39N5O2. The number of amides is 1. The third-order valence-corrected chi connectivity index (χ3v) is 7.86. The molecule has 7 nitrogen and oxygen atoms in total. The van der Waals surface area contributed by atoms with E-state index in [9.17, 15) is 4.79 Å². The molecule has 0 saturated carbocycles. The minimum atomic E-state index is 0.122. The van der Waals surface area contributed by atoms with Crippen molar-refractivity contribution in [3.05, 3.63) is 71.4 Å². The number of benzene rings is 2. The van der Waals surface area contributed by atoms with E-state index in [1.807, 2.05) is 47.5 Å². The lowest BCUT2D eigenvalue weighted by Crippen LogP contribution is -2.50. The molecule has 0 unspecified atom stereocenters. The Morgan fingerprint density at radius 2 is 1.79 bits per heavy atom. The molecule has 3 aromatic rings. The van der Waals surface area contributed by atoms with E-state index in [0.717, 1.165) is 97.3 Å². The van der Waals surface area contributed by atoms with Crippen LogP contribution in [0.4, 0.5) is 5.82 Å². The Balaban J connectivity index is 1.29. The minimum Gasteiger partial charge on any atom is -0.496 e. The fraction of sp³-hybridized carbons (Fsp3) is 0.387. The van der Waals surface area contributed by atoms with Gasteiger partial charge < -0.3 is 24.8 Å². The number of hydrogen-bond acceptors (Lipinski definition) is 5. The van der Waals surface area contributed by atoms with Gasteiger partial charge in [0.1, 0.15) is 11.6 Å². The topological polar surface area (TPSA) is 63.8 Å². The number of methoxy groups -OCH3 is 1. The molecule has 0 radical (unpaired) electrons. The maximum atomic E-state index is 13.4. The summed E-state index contributed by atoms with van der Waals surface area (Å²) in [5.74, 6) is 1.97. The van der Waals surface area contributed by atoms with Crippen molar-refractivity contribution >= 4 is 23.4 Å². The van der Waals surface area contributed by atoms with Gasteiger partial charge in [-0.15, -0.1) is 0 Å². The van der Waals surface area contributed by atoms with E-state index < -0.39 is 0 Å². The Bertz CT molecular complexity index is 1280. The zero-order valence-electron chi connectivity index (χ0n) is 22.8. The molecule has 1 saturated heterocycles. The van der Waals surface area contributed by atoms with Gasteiger partial charge in [0, 0.05) is 74.3 Å². The van der Waals surface area contributed by atoms with Crippen LogP contribution in [0, 0.1) is 0 Å². The number of piperazine rings is 1. The van der Waals surface area contributed by atoms with Crippen molar-refractivity contribution in [1.82, 2.24) is 19.7 Å². The number of fused-ring (bicyclic) bond motifs is 1. The van der Waals surface area contributed by atoms with Gasteiger partial charge in [-0.05, 0) is 48.5 Å². The Morgan fingerprint density at radius 3 is 2.55 bits per heavy atom. The van der Waals surface area contributed by atoms with Crippen LogP contribution in [0.25, 0.3) is 22.8 Å². The van der Waals surface area contributed by atoms with Gasteiger partial charge in [0.05, 0.1) is 7.11 Å². The van der Waals surface area contributed by atoms with Gasteiger partial charge in [0.25, 0.3) is 5.91 Å². The average Bonchev–Trinajstić information content (AvgIpc) is 3.41. The highest BCUT2D eigenvalue weighted by molar-refractivity contribution is 5.99. The molecule has 2 aliphatic heterocycles. The van der Waals surface area contributed by atoms with Gasteiger partial charge >= 0.3 is 0 Å². The number of H-pyrrole nitrogens is 1. The molecule has 3 heterocycles. The molecule has 2 aliphatic rings. The summed E-state index contributed by atoms with van der Waals surface area (Å²) >= 11 is 0. The number of carbonyl (C=O) groups is 1. The van der Waals surface area contributed by atoms with E-state index >= 15 is 0 Å². The molecule has 0 atom stereocenters. The molecule has 5 rings (SSSR count). The number of hydrogen-bond donors (Lipinski definition) is 2. The number of para-hydroxylation sites is 1. The number of anilines is 1. The monoisotopic (exact) mass is 513 g/mol. The van der Waals surface area contributed by atoms with Crippen LogP contribution in [-0.2, 0) is 0 Å². The fourth-order valence-electron chi connectivity index (χ4n) is 5.45. The smallest absolute Gasteiger partial charge is 0.253 e. The minimum absolute atomic E-state index is 0.122. The lowest BCUT2D eigenvalue weighted by atomic mass is 9.95. The Morgan fingerprint density at radius 1 is 1.00 bits per heavy atom. The number of likely N-dealkylation sites (N-methyl/N-ethyl adjacent to an activating group) is 1. The van der Waals surface area contributed by atoms with Crippen LogP contribution in [0.2, 0.25) is 0 Å². The van der Waals surface area contributed by atoms with Crippen molar-refractivity contribution in [3.63, 3.8) is 0 Å². The molecule has 0 spiro atoms. The molecule has 0 aliphatic carbocycles. The second-order valence-electron chi connectivity index (χ2n) is 9.96. The number of nitrogens with zero attached hydrogens (tertiary/aromatic N) is 3. The highest BCUT2D eigenvalue weighted by atomic mass is 16.5. The van der Waals surface area contributed by atoms with Crippen molar-refractivity contribution in [2.45, 2.75) is 13.8 Å². The summed E-state index contributed by atoms with van der Waals surface area (Å²) in [6.45, 7) is 12.9.